The number of hydrogen-bond donors (Lipinski definition) is 3. The Hall–Kier alpha value is -4.88. The number of methoxy groups -OCH3 is 3. The fourth-order valence-corrected chi connectivity index (χ4v) is 4.55. The molecule has 43 heavy (non-hydrogen) atoms. The number of nitrogens with zero attached hydrogens (tertiary/aromatic N) is 3. The lowest BCUT2D eigenvalue weighted by molar-refractivity contribution is 0.142. The molecule has 5 rings (SSSR count). The summed E-state index contributed by atoms with van der Waals surface area (Å²) in [6.07, 6.45) is 3.32. The van der Waals surface area contributed by atoms with Gasteiger partial charge in [-0.2, -0.15) is 5.10 Å². The van der Waals surface area contributed by atoms with E-state index in [0.717, 1.165) is 0 Å². The number of nitrogens with one attached hydrogen (secondary N) is 3. The number of hydrazone groups is 1. The number of anilines is 3. The molecule has 1 aliphatic rings. The van der Waals surface area contributed by atoms with E-state index in [1.54, 1.807) is 24.3 Å². The Morgan fingerprint density at radius 1 is 1.07 bits per heavy atom. The zero-order chi connectivity index (χ0) is 30.3. The number of carbonyl (C=O) groups is 1. The number of fused-ring (bicyclic) bond motifs is 1. The third kappa shape index (κ3) is 6.96. The molecule has 1 atom stereocenters. The second kappa shape index (κ2) is 13.4. The van der Waals surface area contributed by atoms with E-state index < -0.39 is 11.8 Å². The predicted molar refractivity (Wildman–Crippen MR) is 160 cm³/mol. The normalized spacial score (nSPS) is 14.5. The summed E-state index contributed by atoms with van der Waals surface area (Å²) >= 11 is 5.95. The Bertz CT molecular complexity index is 1640. The molecule has 14 heteroatoms. The number of carbonyl (C=O) groups excluding carboxylic acids is 1. The van der Waals surface area contributed by atoms with Crippen molar-refractivity contribution in [3.8, 4) is 23.0 Å². The second-order valence-corrected chi connectivity index (χ2v) is 9.64. The zero-order valence-electron chi connectivity index (χ0n) is 23.4. The monoisotopic (exact) mass is 610 g/mol. The van der Waals surface area contributed by atoms with Crippen LogP contribution in [0.15, 0.2) is 53.9 Å². The maximum Gasteiger partial charge on any atom is 0.339 e. The first-order valence-corrected chi connectivity index (χ1v) is 13.4. The quantitative estimate of drug-likeness (QED) is 0.157. The van der Waals surface area contributed by atoms with Gasteiger partial charge in [0.05, 0.1) is 57.0 Å². The lowest BCUT2D eigenvalue weighted by Crippen LogP contribution is -2.25. The van der Waals surface area contributed by atoms with Gasteiger partial charge in [0.15, 0.2) is 11.5 Å². The van der Waals surface area contributed by atoms with Crippen LogP contribution in [0.1, 0.15) is 12.0 Å². The molecule has 4 aromatic rings. The molecule has 0 spiro atoms. The van der Waals surface area contributed by atoms with E-state index in [9.17, 15) is 9.18 Å². The summed E-state index contributed by atoms with van der Waals surface area (Å²) in [5, 5.41) is 10.5. The highest BCUT2D eigenvalue weighted by Crippen LogP contribution is 2.38. The maximum absolute atomic E-state index is 13.7. The molecule has 1 unspecified atom stereocenters. The Labute approximate surface area is 251 Å². The summed E-state index contributed by atoms with van der Waals surface area (Å²) in [6, 6.07) is 10.3. The number of urea groups is 1. The summed E-state index contributed by atoms with van der Waals surface area (Å²) in [5.41, 5.74) is 4.45. The molecule has 12 nitrogen and oxygen atoms in total. The zero-order valence-corrected chi connectivity index (χ0v) is 24.2. The lowest BCUT2D eigenvalue weighted by atomic mass is 10.1. The average molecular weight is 611 g/mol. The van der Waals surface area contributed by atoms with Crippen molar-refractivity contribution in [1.82, 2.24) is 15.4 Å². The molecule has 3 aromatic carbocycles. The van der Waals surface area contributed by atoms with Gasteiger partial charge < -0.3 is 34.3 Å². The van der Waals surface area contributed by atoms with E-state index in [1.165, 1.54) is 52.1 Å². The summed E-state index contributed by atoms with van der Waals surface area (Å²) < 4.78 is 41.3. The number of halogens is 2. The van der Waals surface area contributed by atoms with Crippen LogP contribution in [-0.4, -0.2) is 62.9 Å². The van der Waals surface area contributed by atoms with Crippen LogP contribution in [0.2, 0.25) is 5.02 Å². The van der Waals surface area contributed by atoms with E-state index in [2.05, 4.69) is 31.1 Å². The summed E-state index contributed by atoms with van der Waals surface area (Å²) in [5.74, 6) is 1.58. The van der Waals surface area contributed by atoms with E-state index in [4.69, 9.17) is 35.3 Å². The molecular formula is C29H28ClFN6O6. The minimum atomic E-state index is -0.632. The van der Waals surface area contributed by atoms with Crippen LogP contribution < -0.4 is 35.0 Å². The largest absolute Gasteiger partial charge is 0.493 e. The number of benzene rings is 3. The molecule has 3 N–H and O–H groups in total. The number of amides is 2. The standard InChI is InChI=1S/C29H28ClFN6O6/c1-39-25-8-16(9-26(40-2)27(25)41-3)13-34-37-29(38)36-23-11-19-22(12-24(23)43-18-6-7-42-14-18)32-15-33-28(19)35-17-4-5-21(31)20(30)10-17/h4-5,8-13,15,18H,6-7,14H2,1-3H3,(H,32,33,35)(H2,36,37,38)/b34-13+. The summed E-state index contributed by atoms with van der Waals surface area (Å²) in [6.45, 7) is 0.998. The van der Waals surface area contributed by atoms with Gasteiger partial charge in [0.25, 0.3) is 0 Å². The molecule has 1 aromatic heterocycles. The smallest absolute Gasteiger partial charge is 0.339 e. The van der Waals surface area contributed by atoms with Crippen LogP contribution in [0.3, 0.4) is 0 Å². The molecular weight excluding hydrogens is 583 g/mol. The van der Waals surface area contributed by atoms with Crippen molar-refractivity contribution in [2.24, 2.45) is 5.10 Å². The summed E-state index contributed by atoms with van der Waals surface area (Å²) in [7, 11) is 4.52. The number of rotatable bonds is 10. The Balaban J connectivity index is 1.40. The van der Waals surface area contributed by atoms with E-state index >= 15 is 0 Å². The Morgan fingerprint density at radius 3 is 2.53 bits per heavy atom. The number of aromatic nitrogens is 2. The Kier molecular flexibility index (Phi) is 9.23. The van der Waals surface area contributed by atoms with Gasteiger partial charge >= 0.3 is 6.03 Å². The minimum absolute atomic E-state index is 0.0380. The van der Waals surface area contributed by atoms with Crippen molar-refractivity contribution >= 4 is 51.9 Å². The second-order valence-electron chi connectivity index (χ2n) is 9.23. The van der Waals surface area contributed by atoms with Crippen LogP contribution in [0.5, 0.6) is 23.0 Å². The molecule has 224 valence electrons. The van der Waals surface area contributed by atoms with Crippen LogP contribution in [0.4, 0.5) is 26.4 Å². The van der Waals surface area contributed by atoms with Gasteiger partial charge in [-0.1, -0.05) is 11.6 Å². The molecule has 0 bridgehead atoms. The molecule has 2 heterocycles. The molecule has 0 aliphatic carbocycles. The van der Waals surface area contributed by atoms with Crippen molar-refractivity contribution in [3.05, 3.63) is 65.2 Å². The lowest BCUT2D eigenvalue weighted by Gasteiger charge is -2.18. The van der Waals surface area contributed by atoms with Crippen molar-refractivity contribution in [2.45, 2.75) is 12.5 Å². The SMILES string of the molecule is COc1cc(/C=N/NC(=O)Nc2cc3c(Nc4ccc(F)c(Cl)c4)ncnc3cc2OC2CCOC2)cc(OC)c1OC. The first-order valence-electron chi connectivity index (χ1n) is 13.0. The van der Waals surface area contributed by atoms with Gasteiger partial charge in [-0.25, -0.2) is 24.6 Å². The Morgan fingerprint density at radius 2 is 1.86 bits per heavy atom. The molecule has 1 saturated heterocycles. The third-order valence-electron chi connectivity index (χ3n) is 6.42. The van der Waals surface area contributed by atoms with Crippen LogP contribution >= 0.6 is 11.6 Å². The molecule has 1 fully saturated rings. The molecule has 1 aliphatic heterocycles. The van der Waals surface area contributed by atoms with Crippen molar-refractivity contribution < 1.29 is 32.9 Å². The predicted octanol–water partition coefficient (Wildman–Crippen LogP) is 5.52. The first-order chi connectivity index (χ1) is 20.9. The van der Waals surface area contributed by atoms with Gasteiger partial charge in [0.2, 0.25) is 5.75 Å². The van der Waals surface area contributed by atoms with E-state index in [-0.39, 0.29) is 11.1 Å². The van der Waals surface area contributed by atoms with Crippen LogP contribution in [0, 0.1) is 5.82 Å². The topological polar surface area (TPSA) is 137 Å². The fraction of sp³-hybridized carbons (Fsp3) is 0.241. The number of hydrogen-bond acceptors (Lipinski definition) is 10. The van der Waals surface area contributed by atoms with Gasteiger partial charge in [-0.3, -0.25) is 0 Å². The van der Waals surface area contributed by atoms with E-state index in [0.29, 0.717) is 76.3 Å². The average Bonchev–Trinajstić information content (AvgIpc) is 3.52. The van der Waals surface area contributed by atoms with Crippen molar-refractivity contribution in [2.75, 3.05) is 45.2 Å². The number of ether oxygens (including phenoxy) is 5. The third-order valence-corrected chi connectivity index (χ3v) is 6.71. The van der Waals surface area contributed by atoms with Crippen molar-refractivity contribution in [1.29, 1.82) is 0 Å². The summed E-state index contributed by atoms with van der Waals surface area (Å²) in [4.78, 5) is 21.6. The van der Waals surface area contributed by atoms with Crippen molar-refractivity contribution in [3.63, 3.8) is 0 Å². The van der Waals surface area contributed by atoms with E-state index in [1.807, 2.05) is 0 Å². The highest BCUT2D eigenvalue weighted by atomic mass is 35.5. The van der Waals surface area contributed by atoms with Gasteiger partial charge in [-0.15, -0.1) is 0 Å². The van der Waals surface area contributed by atoms with Gasteiger partial charge in [0.1, 0.15) is 29.8 Å². The van der Waals surface area contributed by atoms with Crippen LogP contribution in [0.25, 0.3) is 10.9 Å². The van der Waals surface area contributed by atoms with Crippen LogP contribution in [-0.2, 0) is 4.74 Å². The fourth-order valence-electron chi connectivity index (χ4n) is 4.37. The first kappa shape index (κ1) is 29.6. The highest BCUT2D eigenvalue weighted by Gasteiger charge is 2.21. The van der Waals surface area contributed by atoms with Gasteiger partial charge in [0, 0.05) is 29.1 Å². The minimum Gasteiger partial charge on any atom is -0.493 e. The van der Waals surface area contributed by atoms with Gasteiger partial charge in [-0.05, 0) is 36.4 Å². The highest BCUT2D eigenvalue weighted by molar-refractivity contribution is 6.31. The maximum atomic E-state index is 13.7. The molecule has 2 amide bonds. The molecule has 0 radical (unpaired) electrons. The molecule has 0 saturated carbocycles.